The third-order valence-corrected chi connectivity index (χ3v) is 6.77. The van der Waals surface area contributed by atoms with E-state index < -0.39 is 42.8 Å². The lowest BCUT2D eigenvalue weighted by Crippen LogP contribution is -2.51. The van der Waals surface area contributed by atoms with Crippen molar-refractivity contribution in [1.82, 2.24) is 10.2 Å². The number of hydrogen-bond donors (Lipinski definition) is 2. The summed E-state index contributed by atoms with van der Waals surface area (Å²) in [5, 5.41) is 5.91. The summed E-state index contributed by atoms with van der Waals surface area (Å²) >= 11 is 0. The van der Waals surface area contributed by atoms with E-state index in [2.05, 4.69) is 10.6 Å². The summed E-state index contributed by atoms with van der Waals surface area (Å²) in [5.74, 6) is -3.79. The molecule has 1 aliphatic carbocycles. The van der Waals surface area contributed by atoms with Gasteiger partial charge in [-0.1, -0.05) is 36.4 Å². The zero-order chi connectivity index (χ0) is 22.5. The van der Waals surface area contributed by atoms with Crippen LogP contribution >= 0.6 is 0 Å². The van der Waals surface area contributed by atoms with Gasteiger partial charge in [-0.05, 0) is 42.0 Å². The van der Waals surface area contributed by atoms with Crippen LogP contribution in [0.5, 0.6) is 0 Å². The molecule has 2 aromatic rings. The largest absolute Gasteiger partial charge is 0.384 e. The fourth-order valence-corrected chi connectivity index (χ4v) is 4.89. The van der Waals surface area contributed by atoms with Crippen molar-refractivity contribution in [2.24, 2.45) is 0 Å². The molecule has 0 unspecified atom stereocenters. The number of benzene rings is 2. The predicted molar refractivity (Wildman–Crippen MR) is 115 cm³/mol. The molecular formula is C24H23F2N3O3. The Morgan fingerprint density at radius 1 is 1.00 bits per heavy atom. The Balaban J connectivity index is 1.30. The smallest absolute Gasteiger partial charge is 0.325 e. The number of nitrogens with zero attached hydrogens (tertiary/aromatic N) is 1. The quantitative estimate of drug-likeness (QED) is 0.558. The monoisotopic (exact) mass is 439 g/mol. The van der Waals surface area contributed by atoms with Gasteiger partial charge in [-0.3, -0.25) is 14.5 Å². The maximum absolute atomic E-state index is 13.5. The second-order valence-corrected chi connectivity index (χ2v) is 8.77. The zero-order valence-corrected chi connectivity index (χ0v) is 17.4. The van der Waals surface area contributed by atoms with Gasteiger partial charge in [-0.15, -0.1) is 0 Å². The highest BCUT2D eigenvalue weighted by atomic mass is 19.3. The highest BCUT2D eigenvalue weighted by Crippen LogP contribution is 2.41. The van der Waals surface area contributed by atoms with Crippen LogP contribution in [0.3, 0.4) is 0 Å². The first-order valence-corrected chi connectivity index (χ1v) is 10.8. The number of anilines is 1. The van der Waals surface area contributed by atoms with Crippen molar-refractivity contribution < 1.29 is 23.2 Å². The molecule has 2 heterocycles. The first-order valence-electron chi connectivity index (χ1n) is 10.8. The zero-order valence-electron chi connectivity index (χ0n) is 17.4. The van der Waals surface area contributed by atoms with Gasteiger partial charge in [-0.2, -0.15) is 0 Å². The molecule has 166 valence electrons. The number of fused-ring (bicyclic) bond motifs is 1. The van der Waals surface area contributed by atoms with Crippen LogP contribution in [-0.2, 0) is 11.2 Å². The first-order chi connectivity index (χ1) is 15.3. The number of imide groups is 1. The van der Waals surface area contributed by atoms with Crippen molar-refractivity contribution in [3.05, 3.63) is 53.6 Å². The molecule has 3 amide bonds. The third kappa shape index (κ3) is 3.43. The molecule has 1 spiro atoms. The lowest BCUT2D eigenvalue weighted by molar-refractivity contribution is -0.135. The number of Topliss-reactive ketones (excluding diaryl/α,β-unsaturated/α-hetero) is 1. The van der Waals surface area contributed by atoms with Crippen LogP contribution < -0.4 is 10.6 Å². The molecule has 5 rings (SSSR count). The number of alkyl halides is 2. The van der Waals surface area contributed by atoms with E-state index in [1.165, 1.54) is 5.56 Å². The molecule has 2 N–H and O–H groups in total. The minimum atomic E-state index is -2.82. The van der Waals surface area contributed by atoms with Gasteiger partial charge in [0.05, 0.1) is 6.54 Å². The van der Waals surface area contributed by atoms with Gasteiger partial charge in [0, 0.05) is 30.6 Å². The van der Waals surface area contributed by atoms with Crippen molar-refractivity contribution in [3.8, 4) is 11.1 Å². The van der Waals surface area contributed by atoms with E-state index in [0.29, 0.717) is 5.56 Å². The summed E-state index contributed by atoms with van der Waals surface area (Å²) in [5.41, 5.74) is 3.53. The Morgan fingerprint density at radius 3 is 2.44 bits per heavy atom. The maximum atomic E-state index is 13.5. The first kappa shape index (κ1) is 20.6. The number of hydrogen-bond acceptors (Lipinski definition) is 4. The van der Waals surface area contributed by atoms with Crippen molar-refractivity contribution in [3.63, 3.8) is 0 Å². The lowest BCUT2D eigenvalue weighted by Gasteiger charge is -2.34. The van der Waals surface area contributed by atoms with E-state index in [9.17, 15) is 23.2 Å². The summed E-state index contributed by atoms with van der Waals surface area (Å²) in [6.07, 6.45) is -0.228. The second-order valence-electron chi connectivity index (χ2n) is 8.77. The van der Waals surface area contributed by atoms with Crippen LogP contribution in [-0.4, -0.2) is 47.2 Å². The normalized spacial score (nSPS) is 20.8. The standard InChI is InChI=1S/C24H23F2N3O3/c25-24(26)11-9-23(10-12-24)21(31)29(22(32)28-23)14-20(30)16-6-4-15(5-7-16)17-2-1-3-19-18(17)8-13-27-19/h1-7,27H,8-14H2,(H,28,32). The fraction of sp³-hybridized carbons (Fsp3) is 0.375. The van der Waals surface area contributed by atoms with Gasteiger partial charge in [0.25, 0.3) is 5.91 Å². The molecule has 6 nitrogen and oxygen atoms in total. The summed E-state index contributed by atoms with van der Waals surface area (Å²) in [7, 11) is 0. The topological polar surface area (TPSA) is 78.5 Å². The summed E-state index contributed by atoms with van der Waals surface area (Å²) < 4.78 is 27.1. The molecule has 2 fully saturated rings. The Morgan fingerprint density at radius 2 is 1.72 bits per heavy atom. The van der Waals surface area contributed by atoms with Gasteiger partial charge in [0.2, 0.25) is 5.92 Å². The van der Waals surface area contributed by atoms with E-state index in [-0.39, 0.29) is 18.6 Å². The SMILES string of the molecule is O=C(CN1C(=O)NC2(CCC(F)(F)CC2)C1=O)c1ccc(-c2cccc3c2CCN3)cc1. The molecule has 1 saturated heterocycles. The Hall–Kier alpha value is -3.29. The molecule has 3 aliphatic rings. The average Bonchev–Trinajstić information content (AvgIpc) is 3.35. The molecule has 2 aromatic carbocycles. The van der Waals surface area contributed by atoms with Crippen molar-refractivity contribution in [2.45, 2.75) is 43.6 Å². The number of ketones is 1. The Labute approximate surface area is 184 Å². The maximum Gasteiger partial charge on any atom is 0.325 e. The van der Waals surface area contributed by atoms with Crippen molar-refractivity contribution >= 4 is 23.4 Å². The molecule has 0 bridgehead atoms. The molecule has 0 aromatic heterocycles. The van der Waals surface area contributed by atoms with Crippen molar-refractivity contribution in [2.75, 3.05) is 18.4 Å². The van der Waals surface area contributed by atoms with Crippen LogP contribution in [0, 0.1) is 0 Å². The van der Waals surface area contributed by atoms with Crippen molar-refractivity contribution in [1.29, 1.82) is 0 Å². The van der Waals surface area contributed by atoms with E-state index in [1.54, 1.807) is 12.1 Å². The van der Waals surface area contributed by atoms with Gasteiger partial charge >= 0.3 is 6.03 Å². The molecule has 0 atom stereocenters. The number of carbonyl (C=O) groups excluding carboxylic acids is 3. The van der Waals surface area contributed by atoms with E-state index in [1.807, 2.05) is 30.3 Å². The fourth-order valence-electron chi connectivity index (χ4n) is 4.89. The highest BCUT2D eigenvalue weighted by Gasteiger charge is 2.55. The predicted octanol–water partition coefficient (Wildman–Crippen LogP) is 4.00. The van der Waals surface area contributed by atoms with E-state index >= 15 is 0 Å². The van der Waals surface area contributed by atoms with Crippen LogP contribution in [0.15, 0.2) is 42.5 Å². The summed E-state index contributed by atoms with van der Waals surface area (Å²) in [6, 6.07) is 12.5. The average molecular weight is 439 g/mol. The summed E-state index contributed by atoms with van der Waals surface area (Å²) in [4.78, 5) is 38.9. The van der Waals surface area contributed by atoms with Gasteiger partial charge in [0.15, 0.2) is 5.78 Å². The second kappa shape index (κ2) is 7.39. The number of rotatable bonds is 4. The van der Waals surface area contributed by atoms with E-state index in [0.717, 1.165) is 34.7 Å². The Bertz CT molecular complexity index is 1100. The number of urea groups is 1. The van der Waals surface area contributed by atoms with Crippen LogP contribution in [0.1, 0.15) is 41.6 Å². The van der Waals surface area contributed by atoms with Crippen LogP contribution in [0.25, 0.3) is 11.1 Å². The van der Waals surface area contributed by atoms with Gasteiger partial charge < -0.3 is 10.6 Å². The number of amides is 3. The minimum Gasteiger partial charge on any atom is -0.384 e. The number of carbonyl (C=O) groups is 3. The van der Waals surface area contributed by atoms with E-state index in [4.69, 9.17) is 0 Å². The third-order valence-electron chi connectivity index (χ3n) is 6.77. The molecule has 1 saturated carbocycles. The molecular weight excluding hydrogens is 416 g/mol. The molecule has 2 aliphatic heterocycles. The summed E-state index contributed by atoms with van der Waals surface area (Å²) in [6.45, 7) is 0.487. The lowest BCUT2D eigenvalue weighted by atomic mass is 9.80. The number of nitrogens with one attached hydrogen (secondary N) is 2. The van der Waals surface area contributed by atoms with Crippen LogP contribution in [0.2, 0.25) is 0 Å². The molecule has 8 heteroatoms. The van der Waals surface area contributed by atoms with Gasteiger partial charge in [-0.25, -0.2) is 13.6 Å². The molecule has 0 radical (unpaired) electrons. The van der Waals surface area contributed by atoms with Crippen LogP contribution in [0.4, 0.5) is 19.3 Å². The number of halogens is 2. The van der Waals surface area contributed by atoms with Gasteiger partial charge in [0.1, 0.15) is 5.54 Å². The molecule has 32 heavy (non-hydrogen) atoms. The minimum absolute atomic E-state index is 0.125. The Kier molecular flexibility index (Phi) is 4.76. The highest BCUT2D eigenvalue weighted by molar-refractivity contribution is 6.11.